The first-order chi connectivity index (χ1) is 11.3. The molecule has 126 valence electrons. The van der Waals surface area contributed by atoms with Gasteiger partial charge in [-0.3, -0.25) is 0 Å². The normalized spacial score (nSPS) is 31.7. The van der Waals surface area contributed by atoms with Crippen LogP contribution in [0.2, 0.25) is 0 Å². The van der Waals surface area contributed by atoms with Gasteiger partial charge in [-0.05, 0) is 86.2 Å². The lowest BCUT2D eigenvalue weighted by atomic mass is 9.86. The van der Waals surface area contributed by atoms with Crippen molar-refractivity contribution in [2.45, 2.75) is 38.1 Å². The molecule has 4 rings (SSSR count). The third-order valence-electron chi connectivity index (χ3n) is 6.22. The average molecular weight is 314 g/mol. The van der Waals surface area contributed by atoms with Gasteiger partial charge < -0.3 is 15.4 Å². The van der Waals surface area contributed by atoms with E-state index in [0.717, 1.165) is 37.2 Å². The zero-order valence-electron chi connectivity index (χ0n) is 14.3. The summed E-state index contributed by atoms with van der Waals surface area (Å²) in [7, 11) is 1.78. The Morgan fingerprint density at radius 2 is 2.09 bits per heavy atom. The quantitative estimate of drug-likeness (QED) is 0.757. The van der Waals surface area contributed by atoms with Gasteiger partial charge in [-0.25, -0.2) is 0 Å². The van der Waals surface area contributed by atoms with E-state index in [-0.39, 0.29) is 0 Å². The molecule has 2 N–H and O–H groups in total. The highest BCUT2D eigenvalue weighted by atomic mass is 16.5. The van der Waals surface area contributed by atoms with Crippen LogP contribution in [0.5, 0.6) is 0 Å². The van der Waals surface area contributed by atoms with E-state index in [1.807, 2.05) is 0 Å². The maximum Gasteiger partial charge on any atom is 0.0465 e. The average Bonchev–Trinajstić information content (AvgIpc) is 3.00. The Morgan fingerprint density at radius 3 is 2.91 bits per heavy atom. The van der Waals surface area contributed by atoms with Crippen molar-refractivity contribution in [2.24, 2.45) is 17.8 Å². The fraction of sp³-hybridized carbons (Fsp3) is 0.700. The number of aryl methyl sites for hydroxylation is 2. The van der Waals surface area contributed by atoms with Crippen LogP contribution in [0.1, 0.15) is 29.5 Å². The van der Waals surface area contributed by atoms with Gasteiger partial charge in [-0.2, -0.15) is 0 Å². The van der Waals surface area contributed by atoms with Gasteiger partial charge in [-0.15, -0.1) is 0 Å². The standard InChI is InChI=1S/C20H30N2O/c1-23-8-2-3-14-4-5-15-6-7-17(10-16(15)9-14)22-13-20-18-11-21-12-19(18)20/h4-5,9,17-22H,2-3,6-8,10-13H2,1H3. The van der Waals surface area contributed by atoms with Gasteiger partial charge in [0.1, 0.15) is 0 Å². The molecule has 3 nitrogen and oxygen atoms in total. The van der Waals surface area contributed by atoms with Gasteiger partial charge >= 0.3 is 0 Å². The Balaban J connectivity index is 1.29. The second-order valence-corrected chi connectivity index (χ2v) is 7.70. The molecule has 1 aromatic rings. The number of hydrogen-bond donors (Lipinski definition) is 2. The number of piperidine rings is 1. The minimum atomic E-state index is 0.686. The van der Waals surface area contributed by atoms with Crippen LogP contribution in [0.15, 0.2) is 18.2 Å². The summed E-state index contributed by atoms with van der Waals surface area (Å²) in [4.78, 5) is 0. The molecule has 0 radical (unpaired) electrons. The summed E-state index contributed by atoms with van der Waals surface area (Å²) in [6.45, 7) is 4.62. The van der Waals surface area contributed by atoms with E-state index >= 15 is 0 Å². The number of benzene rings is 1. The SMILES string of the molecule is COCCCc1ccc2c(c1)CC(NCC1C3CNCC31)CC2. The highest BCUT2D eigenvalue weighted by Gasteiger charge is 2.52. The van der Waals surface area contributed by atoms with Crippen LogP contribution in [0.25, 0.3) is 0 Å². The van der Waals surface area contributed by atoms with Crippen molar-refractivity contribution in [1.82, 2.24) is 10.6 Å². The van der Waals surface area contributed by atoms with E-state index in [9.17, 15) is 0 Å². The summed E-state index contributed by atoms with van der Waals surface area (Å²) in [6.07, 6.45) is 6.02. The Kier molecular flexibility index (Phi) is 4.70. The fourth-order valence-electron chi connectivity index (χ4n) is 4.71. The molecule has 3 aliphatic rings. The highest BCUT2D eigenvalue weighted by molar-refractivity contribution is 5.35. The van der Waals surface area contributed by atoms with Crippen LogP contribution >= 0.6 is 0 Å². The topological polar surface area (TPSA) is 33.3 Å². The van der Waals surface area contributed by atoms with Crippen LogP contribution in [-0.4, -0.2) is 39.4 Å². The second kappa shape index (κ2) is 6.92. The summed E-state index contributed by atoms with van der Waals surface area (Å²) in [5.41, 5.74) is 4.64. The second-order valence-electron chi connectivity index (χ2n) is 7.70. The van der Waals surface area contributed by atoms with Crippen molar-refractivity contribution >= 4 is 0 Å². The number of fused-ring (bicyclic) bond motifs is 2. The van der Waals surface area contributed by atoms with Crippen LogP contribution in [0.3, 0.4) is 0 Å². The largest absolute Gasteiger partial charge is 0.385 e. The Morgan fingerprint density at radius 1 is 1.22 bits per heavy atom. The van der Waals surface area contributed by atoms with Gasteiger partial charge in [0, 0.05) is 19.8 Å². The molecule has 3 heteroatoms. The van der Waals surface area contributed by atoms with E-state index < -0.39 is 0 Å². The molecule has 0 bridgehead atoms. The molecule has 1 saturated carbocycles. The van der Waals surface area contributed by atoms with Crippen molar-refractivity contribution in [3.05, 3.63) is 34.9 Å². The first kappa shape index (κ1) is 15.6. The number of ether oxygens (including phenoxy) is 1. The Bertz CT molecular complexity index is 534. The molecule has 2 aliphatic carbocycles. The predicted molar refractivity (Wildman–Crippen MR) is 93.8 cm³/mol. The molecule has 0 amide bonds. The molecule has 2 fully saturated rings. The summed E-state index contributed by atoms with van der Waals surface area (Å²) < 4.78 is 5.17. The van der Waals surface area contributed by atoms with E-state index in [0.29, 0.717) is 6.04 Å². The first-order valence-corrected chi connectivity index (χ1v) is 9.39. The van der Waals surface area contributed by atoms with Crippen molar-refractivity contribution in [2.75, 3.05) is 33.4 Å². The minimum absolute atomic E-state index is 0.686. The lowest BCUT2D eigenvalue weighted by Gasteiger charge is -2.26. The highest BCUT2D eigenvalue weighted by Crippen LogP contribution is 2.48. The molecule has 1 heterocycles. The molecule has 3 unspecified atom stereocenters. The maximum absolute atomic E-state index is 5.17. The monoisotopic (exact) mass is 314 g/mol. The van der Waals surface area contributed by atoms with E-state index in [1.54, 1.807) is 18.2 Å². The number of hydrogen-bond acceptors (Lipinski definition) is 3. The summed E-state index contributed by atoms with van der Waals surface area (Å²) in [6, 6.07) is 7.82. The molecule has 3 atom stereocenters. The van der Waals surface area contributed by atoms with Crippen LogP contribution in [-0.2, 0) is 24.0 Å². The van der Waals surface area contributed by atoms with Gasteiger partial charge in [-0.1, -0.05) is 18.2 Å². The Labute approximate surface area is 140 Å². The van der Waals surface area contributed by atoms with Crippen LogP contribution in [0.4, 0.5) is 0 Å². The zero-order chi connectivity index (χ0) is 15.6. The van der Waals surface area contributed by atoms with Crippen LogP contribution < -0.4 is 10.6 Å². The van der Waals surface area contributed by atoms with Gasteiger partial charge in [0.2, 0.25) is 0 Å². The lowest BCUT2D eigenvalue weighted by molar-refractivity contribution is 0.195. The molecule has 23 heavy (non-hydrogen) atoms. The first-order valence-electron chi connectivity index (χ1n) is 9.39. The number of nitrogens with one attached hydrogen (secondary N) is 2. The molecule has 1 aliphatic heterocycles. The van der Waals surface area contributed by atoms with Crippen molar-refractivity contribution in [1.29, 1.82) is 0 Å². The predicted octanol–water partition coefficient (Wildman–Crippen LogP) is 2.18. The summed E-state index contributed by atoms with van der Waals surface area (Å²) >= 11 is 0. The maximum atomic E-state index is 5.17. The van der Waals surface area contributed by atoms with E-state index in [1.165, 1.54) is 44.5 Å². The van der Waals surface area contributed by atoms with Crippen molar-refractivity contribution < 1.29 is 4.74 Å². The van der Waals surface area contributed by atoms with E-state index in [2.05, 4.69) is 28.8 Å². The molecule has 0 spiro atoms. The van der Waals surface area contributed by atoms with Crippen molar-refractivity contribution in [3.8, 4) is 0 Å². The summed E-state index contributed by atoms with van der Waals surface area (Å²) in [5, 5.41) is 7.37. The van der Waals surface area contributed by atoms with Crippen LogP contribution in [0, 0.1) is 17.8 Å². The van der Waals surface area contributed by atoms with Gasteiger partial charge in [0.05, 0.1) is 0 Å². The summed E-state index contributed by atoms with van der Waals surface area (Å²) in [5.74, 6) is 2.91. The van der Waals surface area contributed by atoms with E-state index in [4.69, 9.17) is 4.74 Å². The smallest absolute Gasteiger partial charge is 0.0465 e. The fourth-order valence-corrected chi connectivity index (χ4v) is 4.71. The zero-order valence-corrected chi connectivity index (χ0v) is 14.3. The molecule has 1 saturated heterocycles. The number of methoxy groups -OCH3 is 1. The van der Waals surface area contributed by atoms with Gasteiger partial charge in [0.25, 0.3) is 0 Å². The third kappa shape index (κ3) is 3.47. The van der Waals surface area contributed by atoms with Gasteiger partial charge in [0.15, 0.2) is 0 Å². The van der Waals surface area contributed by atoms with Crippen molar-refractivity contribution in [3.63, 3.8) is 0 Å². The molecule has 1 aromatic carbocycles. The minimum Gasteiger partial charge on any atom is -0.385 e. The Hall–Kier alpha value is -0.900. The molecule has 0 aromatic heterocycles. The molecular formula is C20H30N2O. The third-order valence-corrected chi connectivity index (χ3v) is 6.22. The molecular weight excluding hydrogens is 284 g/mol. The lowest BCUT2D eigenvalue weighted by Crippen LogP contribution is -2.37. The number of rotatable bonds is 7.